The molecule has 0 unspecified atom stereocenters. The predicted molar refractivity (Wildman–Crippen MR) is 87.5 cm³/mol. The first-order valence-corrected chi connectivity index (χ1v) is 7.48. The zero-order chi connectivity index (χ0) is 15.8. The zero-order valence-corrected chi connectivity index (χ0v) is 12.3. The number of amides is 1. The van der Waals surface area contributed by atoms with Gasteiger partial charge in [-0.15, -0.1) is 0 Å². The first-order chi connectivity index (χ1) is 11.2. The highest BCUT2D eigenvalue weighted by Gasteiger charge is 2.24. The van der Waals surface area contributed by atoms with Crippen LogP contribution in [0.2, 0.25) is 0 Å². The molecule has 23 heavy (non-hydrogen) atoms. The van der Waals surface area contributed by atoms with Crippen LogP contribution in [0.25, 0.3) is 11.3 Å². The van der Waals surface area contributed by atoms with E-state index < -0.39 is 0 Å². The number of nitrogens with zero attached hydrogens (tertiary/aromatic N) is 1. The molecule has 114 valence electrons. The molecular weight excluding hydrogens is 290 g/mol. The number of hydrogen-bond donors (Lipinski definition) is 3. The number of rotatable bonds is 2. The fourth-order valence-corrected chi connectivity index (χ4v) is 2.99. The van der Waals surface area contributed by atoms with Crippen LogP contribution >= 0.6 is 0 Å². The number of fused-ring (bicyclic) bond motifs is 3. The van der Waals surface area contributed by atoms with Gasteiger partial charge in [-0.2, -0.15) is 5.10 Å². The molecule has 5 heteroatoms. The molecule has 0 spiro atoms. The molecule has 0 saturated carbocycles. The second-order valence-corrected chi connectivity index (χ2v) is 5.58. The van der Waals surface area contributed by atoms with Gasteiger partial charge in [0.15, 0.2) is 0 Å². The van der Waals surface area contributed by atoms with Crippen molar-refractivity contribution in [3.05, 3.63) is 65.4 Å². The standard InChI is InChI=1S/C18H15N3O2/c22-13-8-6-12(7-9-13)19-18(23)17-15-10-5-11-3-1-2-4-14(11)16(15)20-21-17/h1-4,6-9,22H,5,10H2,(H,19,23)(H,20,21). The molecule has 0 fully saturated rings. The third-order valence-corrected chi connectivity index (χ3v) is 4.14. The second kappa shape index (κ2) is 5.28. The van der Waals surface area contributed by atoms with Crippen molar-refractivity contribution >= 4 is 11.6 Å². The van der Waals surface area contributed by atoms with E-state index in [2.05, 4.69) is 21.6 Å². The van der Waals surface area contributed by atoms with Crippen LogP contribution in [-0.2, 0) is 12.8 Å². The molecule has 0 bridgehead atoms. The first kappa shape index (κ1) is 13.6. The quantitative estimate of drug-likeness (QED) is 0.636. The zero-order valence-electron chi connectivity index (χ0n) is 12.3. The number of anilines is 1. The maximum Gasteiger partial charge on any atom is 0.273 e. The molecule has 1 heterocycles. The highest BCUT2D eigenvalue weighted by molar-refractivity contribution is 6.05. The molecule has 2 aromatic carbocycles. The number of aryl methyl sites for hydroxylation is 1. The Bertz CT molecular complexity index is 882. The number of phenols is 1. The van der Waals surface area contributed by atoms with E-state index >= 15 is 0 Å². The van der Waals surface area contributed by atoms with Gasteiger partial charge in [-0.25, -0.2) is 0 Å². The summed E-state index contributed by atoms with van der Waals surface area (Å²) in [6, 6.07) is 14.5. The monoisotopic (exact) mass is 305 g/mol. The van der Waals surface area contributed by atoms with Crippen molar-refractivity contribution in [2.75, 3.05) is 5.32 Å². The van der Waals surface area contributed by atoms with E-state index in [1.807, 2.05) is 18.2 Å². The number of aromatic nitrogens is 2. The summed E-state index contributed by atoms with van der Waals surface area (Å²) in [5, 5.41) is 19.3. The molecule has 0 radical (unpaired) electrons. The largest absolute Gasteiger partial charge is 0.508 e. The molecule has 0 saturated heterocycles. The molecule has 4 rings (SSSR count). The minimum Gasteiger partial charge on any atom is -0.508 e. The van der Waals surface area contributed by atoms with Gasteiger partial charge in [0.25, 0.3) is 5.91 Å². The minimum atomic E-state index is -0.219. The number of aromatic hydroxyl groups is 1. The van der Waals surface area contributed by atoms with Crippen LogP contribution in [0.4, 0.5) is 5.69 Å². The number of nitrogens with one attached hydrogen (secondary N) is 2. The number of H-pyrrole nitrogens is 1. The number of phenolic OH excluding ortho intramolecular Hbond substituents is 1. The predicted octanol–water partition coefficient (Wildman–Crippen LogP) is 3.13. The smallest absolute Gasteiger partial charge is 0.273 e. The fraction of sp³-hybridized carbons (Fsp3) is 0.111. The van der Waals surface area contributed by atoms with E-state index in [-0.39, 0.29) is 11.7 Å². The molecule has 1 aromatic heterocycles. The van der Waals surface area contributed by atoms with Gasteiger partial charge in [0, 0.05) is 16.8 Å². The molecule has 1 amide bonds. The number of carbonyl (C=O) groups is 1. The van der Waals surface area contributed by atoms with Crippen molar-refractivity contribution in [2.24, 2.45) is 0 Å². The van der Waals surface area contributed by atoms with Crippen LogP contribution in [0.15, 0.2) is 48.5 Å². The summed E-state index contributed by atoms with van der Waals surface area (Å²) in [6.45, 7) is 0. The Kier molecular flexibility index (Phi) is 3.12. The summed E-state index contributed by atoms with van der Waals surface area (Å²) in [4.78, 5) is 12.5. The minimum absolute atomic E-state index is 0.165. The maximum atomic E-state index is 12.5. The van der Waals surface area contributed by atoms with Gasteiger partial charge in [0.05, 0.1) is 5.69 Å². The molecule has 5 nitrogen and oxygen atoms in total. The van der Waals surface area contributed by atoms with Crippen molar-refractivity contribution < 1.29 is 9.90 Å². The van der Waals surface area contributed by atoms with Crippen LogP contribution in [0.5, 0.6) is 5.75 Å². The van der Waals surface area contributed by atoms with Gasteiger partial charge in [-0.3, -0.25) is 9.89 Å². The van der Waals surface area contributed by atoms with E-state index in [9.17, 15) is 9.90 Å². The van der Waals surface area contributed by atoms with Gasteiger partial charge in [-0.1, -0.05) is 24.3 Å². The van der Waals surface area contributed by atoms with Crippen LogP contribution in [0, 0.1) is 0 Å². The summed E-state index contributed by atoms with van der Waals surface area (Å²) in [7, 11) is 0. The summed E-state index contributed by atoms with van der Waals surface area (Å²) in [6.07, 6.45) is 1.70. The Morgan fingerprint density at radius 3 is 2.70 bits per heavy atom. The maximum absolute atomic E-state index is 12.5. The molecule has 3 N–H and O–H groups in total. The molecule has 1 aliphatic carbocycles. The Hall–Kier alpha value is -3.08. The Morgan fingerprint density at radius 1 is 1.09 bits per heavy atom. The fourth-order valence-electron chi connectivity index (χ4n) is 2.99. The lowest BCUT2D eigenvalue weighted by molar-refractivity contribution is 0.102. The third-order valence-electron chi connectivity index (χ3n) is 4.14. The van der Waals surface area contributed by atoms with Crippen molar-refractivity contribution in [1.29, 1.82) is 0 Å². The highest BCUT2D eigenvalue weighted by Crippen LogP contribution is 2.33. The number of carbonyl (C=O) groups excluding carboxylic acids is 1. The Balaban J connectivity index is 1.65. The van der Waals surface area contributed by atoms with Crippen LogP contribution in [-0.4, -0.2) is 21.2 Å². The summed E-state index contributed by atoms with van der Waals surface area (Å²) < 4.78 is 0. The van der Waals surface area contributed by atoms with E-state index in [4.69, 9.17) is 0 Å². The van der Waals surface area contributed by atoms with Crippen molar-refractivity contribution in [3.8, 4) is 17.0 Å². The van der Waals surface area contributed by atoms with Gasteiger partial charge in [0.2, 0.25) is 0 Å². The lowest BCUT2D eigenvalue weighted by Gasteiger charge is -2.15. The van der Waals surface area contributed by atoms with Crippen LogP contribution < -0.4 is 5.32 Å². The van der Waals surface area contributed by atoms with Crippen molar-refractivity contribution in [3.63, 3.8) is 0 Å². The highest BCUT2D eigenvalue weighted by atomic mass is 16.3. The number of hydrogen-bond acceptors (Lipinski definition) is 3. The SMILES string of the molecule is O=C(Nc1ccc(O)cc1)c1[nH]nc2c1CCc1ccccc1-2. The molecule has 1 aliphatic rings. The Morgan fingerprint density at radius 2 is 1.87 bits per heavy atom. The van der Waals surface area contributed by atoms with Gasteiger partial charge in [0.1, 0.15) is 11.4 Å². The summed E-state index contributed by atoms with van der Waals surface area (Å²) >= 11 is 0. The number of benzene rings is 2. The number of aromatic amines is 1. The van der Waals surface area contributed by atoms with E-state index in [0.29, 0.717) is 11.4 Å². The first-order valence-electron chi connectivity index (χ1n) is 7.48. The van der Waals surface area contributed by atoms with Crippen LogP contribution in [0.1, 0.15) is 21.6 Å². The average molecular weight is 305 g/mol. The van der Waals surface area contributed by atoms with Gasteiger partial charge < -0.3 is 10.4 Å². The molecule has 3 aromatic rings. The third kappa shape index (κ3) is 2.36. The average Bonchev–Trinajstić information content (AvgIpc) is 3.01. The van der Waals surface area contributed by atoms with E-state index in [0.717, 1.165) is 29.7 Å². The Labute approximate surface area is 133 Å². The second-order valence-electron chi connectivity index (χ2n) is 5.58. The molecular formula is C18H15N3O2. The molecule has 0 aliphatic heterocycles. The normalized spacial score (nSPS) is 12.3. The topological polar surface area (TPSA) is 78.0 Å². The van der Waals surface area contributed by atoms with E-state index in [1.165, 1.54) is 17.7 Å². The van der Waals surface area contributed by atoms with E-state index in [1.54, 1.807) is 12.1 Å². The van der Waals surface area contributed by atoms with Crippen LogP contribution in [0.3, 0.4) is 0 Å². The lowest BCUT2D eigenvalue weighted by Crippen LogP contribution is -2.15. The molecule has 0 atom stereocenters. The van der Waals surface area contributed by atoms with Gasteiger partial charge >= 0.3 is 0 Å². The van der Waals surface area contributed by atoms with Gasteiger partial charge in [-0.05, 0) is 42.7 Å². The summed E-state index contributed by atoms with van der Waals surface area (Å²) in [5.74, 6) is -0.0534. The summed E-state index contributed by atoms with van der Waals surface area (Å²) in [5.41, 5.74) is 5.31. The van der Waals surface area contributed by atoms with Crippen molar-refractivity contribution in [1.82, 2.24) is 10.2 Å². The van der Waals surface area contributed by atoms with Crippen molar-refractivity contribution in [2.45, 2.75) is 12.8 Å². The lowest BCUT2D eigenvalue weighted by atomic mass is 9.89.